The summed E-state index contributed by atoms with van der Waals surface area (Å²) < 4.78 is 0. The molecule has 0 saturated heterocycles. The third-order valence-corrected chi connectivity index (χ3v) is 4.37. The van der Waals surface area contributed by atoms with Crippen molar-refractivity contribution >= 4 is 23.2 Å². The Morgan fingerprint density at radius 2 is 2.32 bits per heavy atom. The zero-order chi connectivity index (χ0) is 14.0. The number of carboxylic acids is 1. The van der Waals surface area contributed by atoms with Crippen LogP contribution in [0, 0.1) is 0 Å². The van der Waals surface area contributed by atoms with E-state index in [1.54, 1.807) is 12.3 Å². The van der Waals surface area contributed by atoms with Crippen molar-refractivity contribution in [3.8, 4) is 0 Å². The fourth-order valence-electron chi connectivity index (χ4n) is 2.14. The van der Waals surface area contributed by atoms with Gasteiger partial charge in [0.1, 0.15) is 10.7 Å². The minimum atomic E-state index is -0.894. The molecule has 4 N–H and O–H groups in total. The number of nitrogens with zero attached hydrogens (tertiary/aromatic N) is 1. The van der Waals surface area contributed by atoms with Crippen LogP contribution in [0.15, 0.2) is 5.38 Å². The first kappa shape index (κ1) is 14.0. The molecule has 1 heterocycles. The monoisotopic (exact) mass is 283 g/mol. The second kappa shape index (κ2) is 5.26. The lowest BCUT2D eigenvalue weighted by Crippen LogP contribution is -2.54. The molecule has 6 nitrogen and oxygen atoms in total. The Kier molecular flexibility index (Phi) is 3.86. The summed E-state index contributed by atoms with van der Waals surface area (Å²) in [5.74, 6) is -1.21. The maximum absolute atomic E-state index is 12.1. The van der Waals surface area contributed by atoms with E-state index >= 15 is 0 Å². The molecule has 2 rings (SSSR count). The van der Waals surface area contributed by atoms with Crippen LogP contribution in [0.3, 0.4) is 0 Å². The Morgan fingerprint density at radius 3 is 2.74 bits per heavy atom. The number of nitrogens with one attached hydrogen (secondary N) is 1. The number of rotatable bonds is 5. The molecule has 0 bridgehead atoms. The molecule has 1 saturated carbocycles. The highest BCUT2D eigenvalue weighted by atomic mass is 32.1. The summed E-state index contributed by atoms with van der Waals surface area (Å²) in [4.78, 5) is 27.1. The molecule has 1 fully saturated rings. The van der Waals surface area contributed by atoms with Crippen LogP contribution in [0.4, 0.5) is 0 Å². The summed E-state index contributed by atoms with van der Waals surface area (Å²) in [6, 6.07) is -0.205. The van der Waals surface area contributed by atoms with Crippen molar-refractivity contribution in [3.63, 3.8) is 0 Å². The third kappa shape index (κ3) is 3.10. The maximum Gasteiger partial charge on any atom is 0.305 e. The van der Waals surface area contributed by atoms with Gasteiger partial charge in [0.25, 0.3) is 5.91 Å². The summed E-state index contributed by atoms with van der Waals surface area (Å²) in [6.07, 6.45) is 2.31. The van der Waals surface area contributed by atoms with E-state index in [9.17, 15) is 9.59 Å². The number of hydrogen-bond donors (Lipinski definition) is 3. The first-order valence-electron chi connectivity index (χ1n) is 6.17. The second-order valence-electron chi connectivity index (χ2n) is 5.02. The molecule has 1 aliphatic rings. The standard InChI is InChI=1S/C12H17N3O3S/c1-7(13)11-14-8(6-19-11)10(18)15-12(3-2-4-12)5-9(16)17/h6-7H,2-5,13H2,1H3,(H,15,18)(H,16,17). The molecule has 0 radical (unpaired) electrons. The Bertz CT molecular complexity index is 494. The largest absolute Gasteiger partial charge is 0.481 e. The predicted octanol–water partition coefficient (Wildman–Crippen LogP) is 1.29. The van der Waals surface area contributed by atoms with Crippen LogP contribution in [0.1, 0.15) is 54.1 Å². The SMILES string of the molecule is CC(N)c1nc(C(=O)NC2(CC(=O)O)CCC2)cs1. The zero-order valence-electron chi connectivity index (χ0n) is 10.7. The van der Waals surface area contributed by atoms with Crippen molar-refractivity contribution in [3.05, 3.63) is 16.1 Å². The highest BCUT2D eigenvalue weighted by molar-refractivity contribution is 7.09. The minimum Gasteiger partial charge on any atom is -0.481 e. The lowest BCUT2D eigenvalue weighted by atomic mass is 9.74. The van der Waals surface area contributed by atoms with Crippen molar-refractivity contribution in [2.75, 3.05) is 0 Å². The Balaban J connectivity index is 2.05. The van der Waals surface area contributed by atoms with Crippen molar-refractivity contribution in [1.29, 1.82) is 0 Å². The summed E-state index contributed by atoms with van der Waals surface area (Å²) in [6.45, 7) is 1.80. The molecule has 1 aliphatic carbocycles. The summed E-state index contributed by atoms with van der Waals surface area (Å²) in [5.41, 5.74) is 5.41. The molecular weight excluding hydrogens is 266 g/mol. The number of hydrogen-bond acceptors (Lipinski definition) is 5. The smallest absolute Gasteiger partial charge is 0.305 e. The number of nitrogens with two attached hydrogens (primary N) is 1. The highest BCUT2D eigenvalue weighted by Gasteiger charge is 2.40. The number of aromatic nitrogens is 1. The van der Waals surface area contributed by atoms with Crippen LogP contribution in [0.2, 0.25) is 0 Å². The summed E-state index contributed by atoms with van der Waals surface area (Å²) in [7, 11) is 0. The number of carboxylic acid groups (broad SMARTS) is 1. The van der Waals surface area contributed by atoms with E-state index in [1.807, 2.05) is 0 Å². The molecule has 1 atom stereocenters. The van der Waals surface area contributed by atoms with Crippen LogP contribution in [-0.2, 0) is 4.79 Å². The Morgan fingerprint density at radius 1 is 1.63 bits per heavy atom. The average Bonchev–Trinajstić information content (AvgIpc) is 2.74. The van der Waals surface area contributed by atoms with E-state index in [0.717, 1.165) is 6.42 Å². The third-order valence-electron chi connectivity index (χ3n) is 3.32. The van der Waals surface area contributed by atoms with Crippen molar-refractivity contribution in [2.24, 2.45) is 5.73 Å². The molecule has 19 heavy (non-hydrogen) atoms. The second-order valence-corrected chi connectivity index (χ2v) is 5.91. The first-order valence-corrected chi connectivity index (χ1v) is 7.05. The van der Waals surface area contributed by atoms with Crippen LogP contribution in [0.25, 0.3) is 0 Å². The van der Waals surface area contributed by atoms with Crippen LogP contribution in [-0.4, -0.2) is 27.5 Å². The van der Waals surface area contributed by atoms with Gasteiger partial charge in [-0.25, -0.2) is 4.98 Å². The number of thiazole rings is 1. The zero-order valence-corrected chi connectivity index (χ0v) is 11.5. The number of carbonyl (C=O) groups is 2. The Labute approximate surface area is 115 Å². The van der Waals surface area contributed by atoms with Crippen LogP contribution in [0.5, 0.6) is 0 Å². The summed E-state index contributed by atoms with van der Waals surface area (Å²) in [5, 5.41) is 14.1. The normalized spacial score (nSPS) is 18.4. The predicted molar refractivity (Wildman–Crippen MR) is 71.0 cm³/mol. The van der Waals surface area contributed by atoms with Gasteiger partial charge in [-0.2, -0.15) is 0 Å². The quantitative estimate of drug-likeness (QED) is 0.755. The topological polar surface area (TPSA) is 105 Å². The Hall–Kier alpha value is -1.47. The van der Waals surface area contributed by atoms with Crippen LogP contribution < -0.4 is 11.1 Å². The van der Waals surface area contributed by atoms with Gasteiger partial charge >= 0.3 is 5.97 Å². The molecule has 1 unspecified atom stereocenters. The number of carbonyl (C=O) groups excluding carboxylic acids is 1. The lowest BCUT2D eigenvalue weighted by Gasteiger charge is -2.41. The van der Waals surface area contributed by atoms with Crippen molar-refractivity contribution in [1.82, 2.24) is 10.3 Å². The molecule has 0 aliphatic heterocycles. The molecule has 1 amide bonds. The van der Waals surface area contributed by atoms with Gasteiger partial charge in [0, 0.05) is 5.38 Å². The number of aliphatic carboxylic acids is 1. The van der Waals surface area contributed by atoms with Crippen molar-refractivity contribution < 1.29 is 14.7 Å². The van der Waals surface area contributed by atoms with Gasteiger partial charge in [-0.3, -0.25) is 9.59 Å². The van der Waals surface area contributed by atoms with E-state index in [2.05, 4.69) is 10.3 Å². The fraction of sp³-hybridized carbons (Fsp3) is 0.583. The fourth-order valence-corrected chi connectivity index (χ4v) is 2.90. The van der Waals surface area contributed by atoms with Gasteiger partial charge in [-0.05, 0) is 26.2 Å². The molecule has 1 aromatic rings. The molecule has 104 valence electrons. The van der Waals surface area contributed by atoms with Gasteiger partial charge in [-0.1, -0.05) is 0 Å². The molecule has 0 aromatic carbocycles. The van der Waals surface area contributed by atoms with Gasteiger partial charge in [0.15, 0.2) is 0 Å². The number of amides is 1. The van der Waals surface area contributed by atoms with Crippen molar-refractivity contribution in [2.45, 2.75) is 44.2 Å². The van der Waals surface area contributed by atoms with E-state index < -0.39 is 11.5 Å². The molecule has 7 heteroatoms. The van der Waals surface area contributed by atoms with Crippen LogP contribution >= 0.6 is 11.3 Å². The molecule has 1 aromatic heterocycles. The van der Waals surface area contributed by atoms with Gasteiger partial charge in [0.2, 0.25) is 0 Å². The van der Waals surface area contributed by atoms with Gasteiger partial charge in [-0.15, -0.1) is 11.3 Å². The molecule has 0 spiro atoms. The van der Waals surface area contributed by atoms with E-state index in [1.165, 1.54) is 11.3 Å². The minimum absolute atomic E-state index is 0.0387. The summed E-state index contributed by atoms with van der Waals surface area (Å²) >= 11 is 1.34. The highest BCUT2D eigenvalue weighted by Crippen LogP contribution is 2.35. The van der Waals surface area contributed by atoms with E-state index in [0.29, 0.717) is 23.5 Å². The lowest BCUT2D eigenvalue weighted by molar-refractivity contribution is -0.139. The van der Waals surface area contributed by atoms with E-state index in [4.69, 9.17) is 10.8 Å². The first-order chi connectivity index (χ1) is 8.92. The van der Waals surface area contributed by atoms with Gasteiger partial charge in [0.05, 0.1) is 18.0 Å². The average molecular weight is 283 g/mol. The maximum atomic E-state index is 12.1. The van der Waals surface area contributed by atoms with E-state index in [-0.39, 0.29) is 18.4 Å². The molecular formula is C12H17N3O3S. The van der Waals surface area contributed by atoms with Gasteiger partial charge < -0.3 is 16.2 Å².